The lowest BCUT2D eigenvalue weighted by molar-refractivity contribution is -0.123. The highest BCUT2D eigenvalue weighted by atomic mass is 127. The summed E-state index contributed by atoms with van der Waals surface area (Å²) in [6.07, 6.45) is 0. The Kier molecular flexibility index (Phi) is 7.58. The zero-order valence-corrected chi connectivity index (χ0v) is 13.4. The number of carbonyl (C=O) groups is 1. The first-order valence-corrected chi connectivity index (χ1v) is 6.39. The number of carbonyl (C=O) groups excluding carboxylic acids is 1. The summed E-state index contributed by atoms with van der Waals surface area (Å²) in [5.41, 5.74) is 5.35. The molecular weight excluding hydrogens is 367 g/mol. The lowest BCUT2D eigenvalue weighted by atomic mass is 10.1. The third kappa shape index (κ3) is 7.73. The molecule has 1 aromatic rings. The Bertz CT molecular complexity index is 377. The Balaban J connectivity index is 0.00000289. The fraction of sp³-hybridized carbons (Fsp3) is 0.417. The number of hydrogen-bond acceptors (Lipinski definition) is 3. The van der Waals surface area contributed by atoms with Gasteiger partial charge in [-0.25, -0.2) is 0 Å². The molecule has 0 radical (unpaired) electrons. The quantitative estimate of drug-likeness (QED) is 0.763. The maximum Gasteiger partial charge on any atom is 0.258 e. The van der Waals surface area contributed by atoms with Crippen molar-refractivity contribution in [2.75, 3.05) is 13.2 Å². The molecule has 3 N–H and O–H groups in total. The van der Waals surface area contributed by atoms with Crippen LogP contribution in [0.5, 0.6) is 5.75 Å². The molecule has 1 rings (SSSR count). The van der Waals surface area contributed by atoms with E-state index in [0.29, 0.717) is 12.3 Å². The van der Waals surface area contributed by atoms with Gasteiger partial charge in [-0.2, -0.15) is 0 Å². The fourth-order valence-corrected chi connectivity index (χ4v) is 1.42. The third-order valence-electron chi connectivity index (χ3n) is 1.92. The van der Waals surface area contributed by atoms with Crippen LogP contribution in [0.4, 0.5) is 0 Å². The summed E-state index contributed by atoms with van der Waals surface area (Å²) < 4.78 is 6.46. The molecule has 0 aliphatic carbocycles. The lowest BCUT2D eigenvalue weighted by Gasteiger charge is -2.18. The standard InChI is InChI=1S/C12H17IN2O2.ClH/c1-12(2,14)8-15-11(16)7-17-10-5-3-9(13)4-6-10;/h3-6H,7-8,14H2,1-2H3,(H,15,16);1H. The predicted molar refractivity (Wildman–Crippen MR) is 83.2 cm³/mol. The summed E-state index contributed by atoms with van der Waals surface area (Å²) in [6, 6.07) is 7.53. The highest BCUT2D eigenvalue weighted by Crippen LogP contribution is 2.13. The SMILES string of the molecule is CC(C)(N)CNC(=O)COc1ccc(I)cc1.Cl. The Morgan fingerprint density at radius 1 is 1.39 bits per heavy atom. The van der Waals surface area contributed by atoms with E-state index in [9.17, 15) is 4.79 Å². The molecule has 0 bridgehead atoms. The minimum atomic E-state index is -0.404. The van der Waals surface area contributed by atoms with Gasteiger partial charge < -0.3 is 15.8 Å². The van der Waals surface area contributed by atoms with E-state index < -0.39 is 5.54 Å². The zero-order chi connectivity index (χ0) is 12.9. The first-order valence-electron chi connectivity index (χ1n) is 5.31. The third-order valence-corrected chi connectivity index (χ3v) is 2.64. The molecule has 0 heterocycles. The van der Waals surface area contributed by atoms with E-state index in [-0.39, 0.29) is 24.9 Å². The second kappa shape index (κ2) is 7.81. The molecule has 18 heavy (non-hydrogen) atoms. The maximum absolute atomic E-state index is 11.4. The van der Waals surface area contributed by atoms with Crippen molar-refractivity contribution in [1.82, 2.24) is 5.32 Å². The Morgan fingerprint density at radius 3 is 2.44 bits per heavy atom. The summed E-state index contributed by atoms with van der Waals surface area (Å²) in [7, 11) is 0. The van der Waals surface area contributed by atoms with Gasteiger partial charge in [0.05, 0.1) is 0 Å². The number of nitrogens with one attached hydrogen (secondary N) is 1. The summed E-state index contributed by atoms with van der Waals surface area (Å²) in [5.74, 6) is 0.523. The minimum Gasteiger partial charge on any atom is -0.484 e. The van der Waals surface area contributed by atoms with E-state index in [1.165, 1.54) is 0 Å². The molecule has 0 aliphatic rings. The number of hydrogen-bond donors (Lipinski definition) is 2. The van der Waals surface area contributed by atoms with Crippen LogP contribution in [-0.2, 0) is 4.79 Å². The van der Waals surface area contributed by atoms with Crippen molar-refractivity contribution in [2.24, 2.45) is 5.73 Å². The Morgan fingerprint density at radius 2 is 1.94 bits per heavy atom. The van der Waals surface area contributed by atoms with Crippen LogP contribution in [0, 0.1) is 3.57 Å². The van der Waals surface area contributed by atoms with Crippen LogP contribution in [0.15, 0.2) is 24.3 Å². The van der Waals surface area contributed by atoms with Crippen LogP contribution in [0.25, 0.3) is 0 Å². The second-order valence-corrected chi connectivity index (χ2v) is 5.75. The van der Waals surface area contributed by atoms with Crippen molar-refractivity contribution in [3.63, 3.8) is 0 Å². The molecule has 0 aromatic heterocycles. The molecule has 0 saturated heterocycles. The number of benzene rings is 1. The van der Waals surface area contributed by atoms with Gasteiger partial charge in [-0.15, -0.1) is 12.4 Å². The van der Waals surface area contributed by atoms with Gasteiger partial charge in [0, 0.05) is 15.7 Å². The molecule has 102 valence electrons. The number of ether oxygens (including phenoxy) is 1. The number of halogens is 2. The first kappa shape index (κ1) is 17.5. The molecule has 6 heteroatoms. The molecule has 0 unspecified atom stereocenters. The summed E-state index contributed by atoms with van der Waals surface area (Å²) in [5, 5.41) is 2.71. The molecule has 0 atom stereocenters. The van der Waals surface area contributed by atoms with Gasteiger partial charge in [-0.3, -0.25) is 4.79 Å². The smallest absolute Gasteiger partial charge is 0.258 e. The van der Waals surface area contributed by atoms with Crippen LogP contribution in [0.1, 0.15) is 13.8 Å². The first-order chi connectivity index (χ1) is 7.87. The van der Waals surface area contributed by atoms with Gasteiger partial charge in [0.15, 0.2) is 6.61 Å². The van der Waals surface area contributed by atoms with Crippen molar-refractivity contribution >= 4 is 40.9 Å². The molecule has 4 nitrogen and oxygen atoms in total. The average molecular weight is 385 g/mol. The van der Waals surface area contributed by atoms with E-state index in [2.05, 4.69) is 27.9 Å². The van der Waals surface area contributed by atoms with Gasteiger partial charge in [0.1, 0.15) is 5.75 Å². The van der Waals surface area contributed by atoms with Crippen LogP contribution in [0.2, 0.25) is 0 Å². The second-order valence-electron chi connectivity index (χ2n) is 4.51. The van der Waals surface area contributed by atoms with Gasteiger partial charge in [0.2, 0.25) is 0 Å². The Hall–Kier alpha value is -0.530. The van der Waals surface area contributed by atoms with Gasteiger partial charge in [0.25, 0.3) is 5.91 Å². The summed E-state index contributed by atoms with van der Waals surface area (Å²) in [4.78, 5) is 11.4. The lowest BCUT2D eigenvalue weighted by Crippen LogP contribution is -2.46. The monoisotopic (exact) mass is 384 g/mol. The minimum absolute atomic E-state index is 0. The van der Waals surface area contributed by atoms with Gasteiger partial charge in [-0.1, -0.05) is 0 Å². The summed E-state index contributed by atoms with van der Waals surface area (Å²) >= 11 is 2.21. The van der Waals surface area contributed by atoms with Crippen molar-refractivity contribution in [3.05, 3.63) is 27.8 Å². The molecule has 1 amide bonds. The molecule has 1 aromatic carbocycles. The molecule has 0 saturated carbocycles. The van der Waals surface area contributed by atoms with Crippen LogP contribution < -0.4 is 15.8 Å². The normalized spacial score (nSPS) is 10.4. The maximum atomic E-state index is 11.4. The molecule has 0 fully saturated rings. The Labute approximate surface area is 127 Å². The zero-order valence-electron chi connectivity index (χ0n) is 10.4. The van der Waals surface area contributed by atoms with E-state index in [1.807, 2.05) is 38.1 Å². The van der Waals surface area contributed by atoms with Gasteiger partial charge in [-0.05, 0) is 60.7 Å². The predicted octanol–water partition coefficient (Wildman–Crippen LogP) is 1.95. The van der Waals surface area contributed by atoms with Crippen molar-refractivity contribution in [3.8, 4) is 5.75 Å². The summed E-state index contributed by atoms with van der Waals surface area (Å²) in [6.45, 7) is 4.15. The van der Waals surface area contributed by atoms with Crippen molar-refractivity contribution in [2.45, 2.75) is 19.4 Å². The van der Waals surface area contributed by atoms with Crippen LogP contribution in [0.3, 0.4) is 0 Å². The topological polar surface area (TPSA) is 64.3 Å². The molecule has 0 aliphatic heterocycles. The molecule has 0 spiro atoms. The molecular formula is C12H18ClIN2O2. The highest BCUT2D eigenvalue weighted by Gasteiger charge is 2.12. The van der Waals surface area contributed by atoms with Crippen molar-refractivity contribution in [1.29, 1.82) is 0 Å². The van der Waals surface area contributed by atoms with E-state index in [0.717, 1.165) is 3.57 Å². The van der Waals surface area contributed by atoms with E-state index in [4.69, 9.17) is 10.5 Å². The van der Waals surface area contributed by atoms with E-state index >= 15 is 0 Å². The fourth-order valence-electron chi connectivity index (χ4n) is 1.06. The van der Waals surface area contributed by atoms with Gasteiger partial charge >= 0.3 is 0 Å². The number of amides is 1. The average Bonchev–Trinajstić information content (AvgIpc) is 2.25. The number of rotatable bonds is 5. The van der Waals surface area contributed by atoms with Crippen molar-refractivity contribution < 1.29 is 9.53 Å². The van der Waals surface area contributed by atoms with Crippen LogP contribution in [-0.4, -0.2) is 24.6 Å². The number of nitrogens with two attached hydrogens (primary N) is 1. The van der Waals surface area contributed by atoms with E-state index in [1.54, 1.807) is 0 Å². The largest absolute Gasteiger partial charge is 0.484 e. The van der Waals surface area contributed by atoms with Crippen LogP contribution >= 0.6 is 35.0 Å². The highest BCUT2D eigenvalue weighted by molar-refractivity contribution is 14.1.